The van der Waals surface area contributed by atoms with Gasteiger partial charge in [-0.25, -0.2) is 9.59 Å². The van der Waals surface area contributed by atoms with Gasteiger partial charge in [0.05, 0.1) is 6.54 Å². The van der Waals surface area contributed by atoms with Crippen molar-refractivity contribution >= 4 is 12.1 Å². The van der Waals surface area contributed by atoms with E-state index in [1.807, 2.05) is 0 Å². The van der Waals surface area contributed by atoms with Gasteiger partial charge in [-0.2, -0.15) is 0 Å². The van der Waals surface area contributed by atoms with Gasteiger partial charge in [0.25, 0.3) is 0 Å². The number of nitrogens with zero attached hydrogens (tertiary/aromatic N) is 1. The van der Waals surface area contributed by atoms with Gasteiger partial charge in [0.2, 0.25) is 0 Å². The van der Waals surface area contributed by atoms with Crippen molar-refractivity contribution in [3.8, 4) is 0 Å². The van der Waals surface area contributed by atoms with Crippen LogP contribution in [0, 0.1) is 0 Å². The standard InChI is InChI=1S/C8H11NO4/c1-6(4-7(10)11)5-9-2-3-13-8(9)12/h4H,2-3,5H2,1H3,(H,10,11)/b6-4+. The molecule has 0 radical (unpaired) electrons. The van der Waals surface area contributed by atoms with Crippen molar-refractivity contribution in [3.63, 3.8) is 0 Å². The van der Waals surface area contributed by atoms with Gasteiger partial charge in [-0.05, 0) is 12.5 Å². The van der Waals surface area contributed by atoms with E-state index in [2.05, 4.69) is 4.74 Å². The maximum Gasteiger partial charge on any atom is 0.410 e. The van der Waals surface area contributed by atoms with Gasteiger partial charge >= 0.3 is 12.1 Å². The third-order valence-corrected chi connectivity index (χ3v) is 1.66. The van der Waals surface area contributed by atoms with Crippen LogP contribution in [0.4, 0.5) is 4.79 Å². The van der Waals surface area contributed by atoms with Crippen molar-refractivity contribution in [2.45, 2.75) is 6.92 Å². The fraction of sp³-hybridized carbons (Fsp3) is 0.500. The number of rotatable bonds is 3. The Morgan fingerprint density at radius 1 is 1.77 bits per heavy atom. The summed E-state index contributed by atoms with van der Waals surface area (Å²) in [6.07, 6.45) is 0.712. The number of carboxylic acids is 1. The summed E-state index contributed by atoms with van der Waals surface area (Å²) >= 11 is 0. The van der Waals surface area contributed by atoms with Crippen LogP contribution in [-0.4, -0.2) is 41.8 Å². The number of carbonyl (C=O) groups excluding carboxylic acids is 1. The SMILES string of the molecule is C/C(=C\C(=O)O)CN1CCOC1=O. The summed E-state index contributed by atoms with van der Waals surface area (Å²) < 4.78 is 4.68. The first kappa shape index (κ1) is 9.57. The molecule has 5 heteroatoms. The highest BCUT2D eigenvalue weighted by Gasteiger charge is 2.21. The zero-order chi connectivity index (χ0) is 9.84. The summed E-state index contributed by atoms with van der Waals surface area (Å²) in [6, 6.07) is 0. The van der Waals surface area contributed by atoms with Gasteiger partial charge in [-0.1, -0.05) is 0 Å². The van der Waals surface area contributed by atoms with Gasteiger partial charge in [-0.3, -0.25) is 0 Å². The van der Waals surface area contributed by atoms with E-state index in [1.54, 1.807) is 6.92 Å². The molecule has 0 aromatic heterocycles. The molecular weight excluding hydrogens is 174 g/mol. The molecule has 1 heterocycles. The van der Waals surface area contributed by atoms with E-state index >= 15 is 0 Å². The van der Waals surface area contributed by atoms with Gasteiger partial charge in [0.15, 0.2) is 0 Å². The van der Waals surface area contributed by atoms with Gasteiger partial charge < -0.3 is 14.7 Å². The summed E-state index contributed by atoms with van der Waals surface area (Å²) in [4.78, 5) is 22.6. The molecular formula is C8H11NO4. The molecule has 72 valence electrons. The van der Waals surface area contributed by atoms with Gasteiger partial charge in [0.1, 0.15) is 6.61 Å². The normalized spacial score (nSPS) is 17.5. The zero-order valence-corrected chi connectivity index (χ0v) is 7.32. The topological polar surface area (TPSA) is 66.8 Å². The first-order chi connectivity index (χ1) is 6.09. The van der Waals surface area contributed by atoms with Gasteiger partial charge in [-0.15, -0.1) is 0 Å². The Hall–Kier alpha value is -1.52. The molecule has 0 aromatic rings. The van der Waals surface area contributed by atoms with E-state index in [1.165, 1.54) is 4.90 Å². The maximum atomic E-state index is 10.9. The Balaban J connectivity index is 2.48. The molecule has 0 saturated carbocycles. The van der Waals surface area contributed by atoms with Crippen LogP contribution in [-0.2, 0) is 9.53 Å². The average molecular weight is 185 g/mol. The molecule has 1 fully saturated rings. The quantitative estimate of drug-likeness (QED) is 0.649. The second-order valence-corrected chi connectivity index (χ2v) is 2.86. The minimum absolute atomic E-state index is 0.325. The van der Waals surface area contributed by atoms with E-state index < -0.39 is 5.97 Å². The monoisotopic (exact) mass is 185 g/mol. The molecule has 1 amide bonds. The fourth-order valence-corrected chi connectivity index (χ4v) is 1.13. The number of aliphatic carboxylic acids is 1. The van der Waals surface area contributed by atoms with E-state index in [-0.39, 0.29) is 6.09 Å². The molecule has 1 N–H and O–H groups in total. The third kappa shape index (κ3) is 2.77. The molecule has 0 spiro atoms. The summed E-state index contributed by atoms with van der Waals surface area (Å²) in [5.74, 6) is -0.995. The van der Waals surface area contributed by atoms with Crippen molar-refractivity contribution in [3.05, 3.63) is 11.6 Å². The number of ether oxygens (including phenoxy) is 1. The summed E-state index contributed by atoms with van der Waals surface area (Å²) in [5.41, 5.74) is 0.631. The Bertz CT molecular complexity index is 259. The summed E-state index contributed by atoms with van der Waals surface area (Å²) in [5, 5.41) is 8.41. The van der Waals surface area contributed by atoms with Crippen LogP contribution in [0.15, 0.2) is 11.6 Å². The lowest BCUT2D eigenvalue weighted by Gasteiger charge is -2.11. The van der Waals surface area contributed by atoms with Crippen LogP contribution in [0.3, 0.4) is 0 Å². The maximum absolute atomic E-state index is 10.9. The van der Waals surface area contributed by atoms with E-state index in [0.717, 1.165) is 6.08 Å². The van der Waals surface area contributed by atoms with Crippen molar-refractivity contribution in [2.24, 2.45) is 0 Å². The minimum Gasteiger partial charge on any atom is -0.478 e. The number of cyclic esters (lactones) is 1. The first-order valence-electron chi connectivity index (χ1n) is 3.91. The first-order valence-corrected chi connectivity index (χ1v) is 3.91. The van der Waals surface area contributed by atoms with Crippen LogP contribution < -0.4 is 0 Å². The molecule has 0 aliphatic carbocycles. The van der Waals surface area contributed by atoms with Gasteiger partial charge in [0, 0.05) is 12.6 Å². The summed E-state index contributed by atoms with van der Waals surface area (Å²) in [7, 11) is 0. The van der Waals surface area contributed by atoms with Crippen LogP contribution >= 0.6 is 0 Å². The van der Waals surface area contributed by atoms with Crippen molar-refractivity contribution < 1.29 is 19.4 Å². The third-order valence-electron chi connectivity index (χ3n) is 1.66. The molecule has 0 unspecified atom stereocenters. The minimum atomic E-state index is -0.995. The Kier molecular flexibility index (Phi) is 2.89. The Morgan fingerprint density at radius 2 is 2.46 bits per heavy atom. The van der Waals surface area contributed by atoms with Crippen LogP contribution in [0.5, 0.6) is 0 Å². The number of amides is 1. The fourth-order valence-electron chi connectivity index (χ4n) is 1.13. The summed E-state index contributed by atoms with van der Waals surface area (Å²) in [6.45, 7) is 2.91. The predicted molar refractivity (Wildman–Crippen MR) is 44.3 cm³/mol. The zero-order valence-electron chi connectivity index (χ0n) is 7.32. The lowest BCUT2D eigenvalue weighted by molar-refractivity contribution is -0.131. The van der Waals surface area contributed by atoms with E-state index in [9.17, 15) is 9.59 Å². The molecule has 13 heavy (non-hydrogen) atoms. The molecule has 0 aromatic carbocycles. The highest BCUT2D eigenvalue weighted by atomic mass is 16.6. The van der Waals surface area contributed by atoms with Crippen LogP contribution in [0.2, 0.25) is 0 Å². The van der Waals surface area contributed by atoms with Crippen LogP contribution in [0.25, 0.3) is 0 Å². The lowest BCUT2D eigenvalue weighted by atomic mass is 10.2. The largest absolute Gasteiger partial charge is 0.478 e. The Labute approximate surface area is 75.6 Å². The molecule has 5 nitrogen and oxygen atoms in total. The molecule has 0 atom stereocenters. The molecule has 1 aliphatic heterocycles. The van der Waals surface area contributed by atoms with E-state index in [0.29, 0.717) is 25.3 Å². The second-order valence-electron chi connectivity index (χ2n) is 2.86. The molecule has 1 saturated heterocycles. The number of carboxylic acid groups (broad SMARTS) is 1. The number of carbonyl (C=O) groups is 2. The van der Waals surface area contributed by atoms with Crippen molar-refractivity contribution in [2.75, 3.05) is 19.7 Å². The second kappa shape index (κ2) is 3.93. The highest BCUT2D eigenvalue weighted by molar-refractivity contribution is 5.80. The molecule has 0 bridgehead atoms. The number of hydrogen-bond donors (Lipinski definition) is 1. The van der Waals surface area contributed by atoms with Crippen LogP contribution in [0.1, 0.15) is 6.92 Å². The lowest BCUT2D eigenvalue weighted by Crippen LogP contribution is -2.26. The molecule has 1 aliphatic rings. The molecule has 1 rings (SSSR count). The Morgan fingerprint density at radius 3 is 2.92 bits per heavy atom. The number of hydrogen-bond acceptors (Lipinski definition) is 3. The van der Waals surface area contributed by atoms with Crippen molar-refractivity contribution in [1.82, 2.24) is 4.90 Å². The van der Waals surface area contributed by atoms with Crippen molar-refractivity contribution in [1.29, 1.82) is 0 Å². The highest BCUT2D eigenvalue weighted by Crippen LogP contribution is 2.06. The smallest absolute Gasteiger partial charge is 0.410 e. The average Bonchev–Trinajstić information content (AvgIpc) is 2.34. The predicted octanol–water partition coefficient (Wildman–Crippen LogP) is 0.470. The van der Waals surface area contributed by atoms with E-state index in [4.69, 9.17) is 5.11 Å².